The van der Waals surface area contributed by atoms with Gasteiger partial charge in [0.05, 0.1) is 0 Å². The predicted octanol–water partition coefficient (Wildman–Crippen LogP) is 6.76. The van der Waals surface area contributed by atoms with Crippen LogP contribution in [0.3, 0.4) is 0 Å². The first-order valence-electron chi connectivity index (χ1n) is 17.5. The molecular formula is C43H44O2Si2Sn. The summed E-state index contributed by atoms with van der Waals surface area (Å²) >= 11 is -4.12. The van der Waals surface area contributed by atoms with Gasteiger partial charge in [0, 0.05) is 0 Å². The van der Waals surface area contributed by atoms with Crippen molar-refractivity contribution in [3.05, 3.63) is 182 Å². The van der Waals surface area contributed by atoms with Crippen LogP contribution in [-0.2, 0) is 5.53 Å². The standard InChI is InChI=1S/2C18H15OSi.C7H14.Sn/c2*19-20(16-10-4-1-5-11-16,17-12-6-2-7-13-17)18-14-8-3-9-15-18;1-3-5-7-6-4-2;/h2*1-15H;1-7H2;/q2*-1;;+2. The maximum absolute atomic E-state index is 8.44. The van der Waals surface area contributed by atoms with Gasteiger partial charge in [-0.15, -0.1) is 0 Å². The van der Waals surface area contributed by atoms with Crippen molar-refractivity contribution in [3.63, 3.8) is 0 Å². The molecular weight excluding hydrogens is 723 g/mol. The molecule has 6 aromatic rings. The van der Waals surface area contributed by atoms with Crippen molar-refractivity contribution in [3.8, 4) is 0 Å². The SMILES string of the molecule is c1ccc([Si]([O][Sn]2([O][Si](c3ccccc3)(c3ccccc3)c3ccccc3)[CH2]CCCCC[CH2]2)(c2ccccc2)c2ccccc2)cc1. The van der Waals surface area contributed by atoms with Crippen molar-refractivity contribution in [2.24, 2.45) is 0 Å². The summed E-state index contributed by atoms with van der Waals surface area (Å²) in [5.41, 5.74) is 0. The van der Waals surface area contributed by atoms with E-state index in [9.17, 15) is 0 Å². The van der Waals surface area contributed by atoms with E-state index >= 15 is 0 Å². The molecule has 0 atom stereocenters. The van der Waals surface area contributed by atoms with Crippen LogP contribution < -0.4 is 31.1 Å². The maximum atomic E-state index is 8.44. The summed E-state index contributed by atoms with van der Waals surface area (Å²) in [5.74, 6) is 0. The molecule has 5 heteroatoms. The third-order valence-corrected chi connectivity index (χ3v) is 36.1. The number of rotatable bonds is 10. The third kappa shape index (κ3) is 6.69. The van der Waals surface area contributed by atoms with Crippen molar-refractivity contribution in [2.75, 3.05) is 0 Å². The van der Waals surface area contributed by atoms with Gasteiger partial charge in [0.25, 0.3) is 0 Å². The molecule has 1 fully saturated rings. The van der Waals surface area contributed by atoms with Crippen LogP contribution in [-0.4, -0.2) is 35.8 Å². The molecule has 48 heavy (non-hydrogen) atoms. The summed E-state index contributed by atoms with van der Waals surface area (Å²) < 4.78 is 19.0. The second-order valence-electron chi connectivity index (χ2n) is 12.9. The quantitative estimate of drug-likeness (QED) is 0.113. The van der Waals surface area contributed by atoms with E-state index in [4.69, 9.17) is 5.53 Å². The van der Waals surface area contributed by atoms with Crippen molar-refractivity contribution in [1.82, 2.24) is 0 Å². The molecule has 0 aliphatic carbocycles. The summed E-state index contributed by atoms with van der Waals surface area (Å²) in [6.07, 6.45) is 6.07. The summed E-state index contributed by atoms with van der Waals surface area (Å²) in [4.78, 5) is 0. The van der Waals surface area contributed by atoms with Crippen LogP contribution in [0.2, 0.25) is 8.87 Å². The van der Waals surface area contributed by atoms with Crippen LogP contribution >= 0.6 is 0 Å². The van der Waals surface area contributed by atoms with Gasteiger partial charge >= 0.3 is 295 Å². The zero-order chi connectivity index (χ0) is 32.5. The summed E-state index contributed by atoms with van der Waals surface area (Å²) in [7, 11) is -6.07. The summed E-state index contributed by atoms with van der Waals surface area (Å²) in [5, 5.41) is 7.73. The molecule has 240 valence electrons. The van der Waals surface area contributed by atoms with Crippen molar-refractivity contribution in [1.29, 1.82) is 0 Å². The Hall–Kier alpha value is -3.53. The predicted molar refractivity (Wildman–Crippen MR) is 209 cm³/mol. The molecule has 0 saturated carbocycles. The monoisotopic (exact) mass is 768 g/mol. The Bertz CT molecular complexity index is 1510. The summed E-state index contributed by atoms with van der Waals surface area (Å²) in [6, 6.07) is 66.7. The molecule has 1 saturated heterocycles. The first-order chi connectivity index (χ1) is 23.8. The van der Waals surface area contributed by atoms with Gasteiger partial charge in [0.1, 0.15) is 0 Å². The van der Waals surface area contributed by atoms with Crippen LogP contribution in [0.15, 0.2) is 182 Å². The molecule has 6 aromatic carbocycles. The molecule has 0 N–H and O–H groups in total. The van der Waals surface area contributed by atoms with Crippen molar-refractivity contribution < 1.29 is 5.53 Å². The molecule has 1 heterocycles. The minimum absolute atomic E-state index is 1.05. The normalized spacial score (nSPS) is 15.2. The Labute approximate surface area is 293 Å². The van der Waals surface area contributed by atoms with Gasteiger partial charge < -0.3 is 0 Å². The zero-order valence-electron chi connectivity index (χ0n) is 27.6. The molecule has 2 nitrogen and oxygen atoms in total. The van der Waals surface area contributed by atoms with Crippen LogP contribution in [0.4, 0.5) is 0 Å². The Morgan fingerprint density at radius 1 is 0.292 bits per heavy atom. The number of hydrogen-bond acceptors (Lipinski definition) is 2. The van der Waals surface area contributed by atoms with Gasteiger partial charge in [0.15, 0.2) is 0 Å². The summed E-state index contributed by atoms with van der Waals surface area (Å²) in [6.45, 7) is 0. The molecule has 0 radical (unpaired) electrons. The molecule has 1 aliphatic heterocycles. The molecule has 0 amide bonds. The number of benzene rings is 6. The van der Waals surface area contributed by atoms with Gasteiger partial charge in [-0.1, -0.05) is 0 Å². The van der Waals surface area contributed by atoms with Gasteiger partial charge in [-0.2, -0.15) is 0 Å². The van der Waals surface area contributed by atoms with E-state index in [2.05, 4.69) is 182 Å². The fourth-order valence-corrected chi connectivity index (χ4v) is 41.4. The zero-order valence-corrected chi connectivity index (χ0v) is 32.4. The Morgan fingerprint density at radius 2 is 0.500 bits per heavy atom. The van der Waals surface area contributed by atoms with Gasteiger partial charge in [-0.3, -0.25) is 0 Å². The first-order valence-corrected chi connectivity index (χ1v) is 27.7. The second-order valence-corrected chi connectivity index (χ2v) is 31.1. The van der Waals surface area contributed by atoms with Gasteiger partial charge in [-0.05, 0) is 0 Å². The molecule has 0 aromatic heterocycles. The van der Waals surface area contributed by atoms with E-state index in [1.54, 1.807) is 0 Å². The average Bonchev–Trinajstić information content (AvgIpc) is 3.16. The molecule has 0 spiro atoms. The van der Waals surface area contributed by atoms with Gasteiger partial charge in [0.2, 0.25) is 0 Å². The Kier molecular flexibility index (Phi) is 10.6. The fourth-order valence-electron chi connectivity index (χ4n) is 7.62. The molecule has 1 aliphatic rings. The van der Waals surface area contributed by atoms with Crippen molar-refractivity contribution in [2.45, 2.75) is 41.0 Å². The number of hydrogen-bond donors (Lipinski definition) is 0. The van der Waals surface area contributed by atoms with Crippen LogP contribution in [0, 0.1) is 0 Å². The minimum atomic E-state index is -4.12. The average molecular weight is 768 g/mol. The molecule has 0 unspecified atom stereocenters. The van der Waals surface area contributed by atoms with Gasteiger partial charge in [-0.25, -0.2) is 0 Å². The molecule has 7 rings (SSSR count). The van der Waals surface area contributed by atoms with E-state index in [1.807, 2.05) is 0 Å². The topological polar surface area (TPSA) is 18.5 Å². The van der Waals surface area contributed by atoms with E-state index in [-0.39, 0.29) is 0 Å². The Morgan fingerprint density at radius 3 is 0.729 bits per heavy atom. The van der Waals surface area contributed by atoms with Crippen molar-refractivity contribution >= 4 is 67.0 Å². The van der Waals surface area contributed by atoms with E-state index in [1.165, 1.54) is 50.4 Å². The third-order valence-electron chi connectivity index (χ3n) is 9.88. The first kappa shape index (κ1) is 33.0. The van der Waals surface area contributed by atoms with E-state index in [0.717, 1.165) is 21.7 Å². The molecule has 0 bridgehead atoms. The fraction of sp³-hybridized carbons (Fsp3) is 0.163. The van der Waals surface area contributed by atoms with E-state index < -0.39 is 35.8 Å². The second kappa shape index (κ2) is 15.4. The van der Waals surface area contributed by atoms with Crippen LogP contribution in [0.1, 0.15) is 32.1 Å². The van der Waals surface area contributed by atoms with Crippen LogP contribution in [0.5, 0.6) is 0 Å². The van der Waals surface area contributed by atoms with Crippen LogP contribution in [0.25, 0.3) is 0 Å². The Balaban J connectivity index is 1.52. The van der Waals surface area contributed by atoms with E-state index in [0.29, 0.717) is 0 Å².